The van der Waals surface area contributed by atoms with Crippen molar-refractivity contribution in [1.29, 1.82) is 0 Å². The molecule has 0 unspecified atom stereocenters. The molecule has 1 amide bonds. The van der Waals surface area contributed by atoms with Gasteiger partial charge in [-0.3, -0.25) is 4.79 Å². The minimum atomic E-state index is 0.220. The summed E-state index contributed by atoms with van der Waals surface area (Å²) in [5, 5.41) is 0. The molecule has 13 heavy (non-hydrogen) atoms. The first kappa shape index (κ1) is 8.30. The maximum Gasteiger partial charge on any atom is 0.227 e. The molecule has 1 heterocycles. The Labute approximate surface area is 78.2 Å². The Balaban J connectivity index is 2.48. The minimum absolute atomic E-state index is 0.220. The number of hydrogen-bond donors (Lipinski definition) is 0. The van der Waals surface area contributed by atoms with Gasteiger partial charge in [-0.1, -0.05) is 18.2 Å². The van der Waals surface area contributed by atoms with Gasteiger partial charge in [0.1, 0.15) is 0 Å². The Morgan fingerprint density at radius 2 is 2.15 bits per heavy atom. The average molecular weight is 175 g/mol. The molecule has 2 nitrogen and oxygen atoms in total. The molecule has 1 aromatic carbocycles. The summed E-state index contributed by atoms with van der Waals surface area (Å²) in [5.74, 6) is 0.220. The molecule has 1 aliphatic rings. The molecule has 0 aromatic heterocycles. The summed E-state index contributed by atoms with van der Waals surface area (Å²) in [6.07, 6.45) is 0.563. The van der Waals surface area contributed by atoms with Crippen LogP contribution in [0.5, 0.6) is 0 Å². The lowest BCUT2D eigenvalue weighted by atomic mass is 9.96. The van der Waals surface area contributed by atoms with Crippen LogP contribution in [0, 0.1) is 6.92 Å². The van der Waals surface area contributed by atoms with E-state index in [1.165, 1.54) is 16.7 Å². The van der Waals surface area contributed by atoms with Crippen molar-refractivity contribution in [2.45, 2.75) is 19.9 Å². The van der Waals surface area contributed by atoms with Crippen molar-refractivity contribution in [3.05, 3.63) is 34.9 Å². The monoisotopic (exact) mass is 175 g/mol. The highest BCUT2D eigenvalue weighted by Gasteiger charge is 2.20. The van der Waals surface area contributed by atoms with E-state index >= 15 is 0 Å². The molecular formula is C11H13NO. The van der Waals surface area contributed by atoms with Crippen LogP contribution in [0.25, 0.3) is 0 Å². The van der Waals surface area contributed by atoms with Gasteiger partial charge in [-0.15, -0.1) is 0 Å². The van der Waals surface area contributed by atoms with Crippen molar-refractivity contribution >= 4 is 5.91 Å². The number of carbonyl (C=O) groups is 1. The Morgan fingerprint density at radius 3 is 2.92 bits per heavy atom. The van der Waals surface area contributed by atoms with Crippen molar-refractivity contribution in [3.63, 3.8) is 0 Å². The standard InChI is InChI=1S/C11H13NO/c1-8-4-3-5-9-6-11(13)12(2)7-10(8)9/h3-5H,6-7H2,1-2H3. The van der Waals surface area contributed by atoms with Crippen LogP contribution in [0.3, 0.4) is 0 Å². The third-order valence-corrected chi connectivity index (χ3v) is 2.67. The van der Waals surface area contributed by atoms with E-state index in [-0.39, 0.29) is 5.91 Å². The molecule has 2 rings (SSSR count). The quantitative estimate of drug-likeness (QED) is 0.585. The van der Waals surface area contributed by atoms with E-state index in [2.05, 4.69) is 13.0 Å². The first-order chi connectivity index (χ1) is 6.18. The molecule has 0 N–H and O–H groups in total. The number of rotatable bonds is 0. The summed E-state index contributed by atoms with van der Waals surface area (Å²) in [4.78, 5) is 13.2. The van der Waals surface area contributed by atoms with Crippen LogP contribution >= 0.6 is 0 Å². The van der Waals surface area contributed by atoms with Gasteiger partial charge in [-0.05, 0) is 23.6 Å². The Hall–Kier alpha value is -1.31. The van der Waals surface area contributed by atoms with Crippen molar-refractivity contribution in [3.8, 4) is 0 Å². The van der Waals surface area contributed by atoms with Crippen LogP contribution in [0.15, 0.2) is 18.2 Å². The molecule has 0 fully saturated rings. The number of nitrogens with zero attached hydrogens (tertiary/aromatic N) is 1. The second-order valence-electron chi connectivity index (χ2n) is 3.64. The summed E-state index contributed by atoms with van der Waals surface area (Å²) < 4.78 is 0. The summed E-state index contributed by atoms with van der Waals surface area (Å²) in [6.45, 7) is 2.86. The normalized spacial score (nSPS) is 15.8. The zero-order chi connectivity index (χ0) is 9.42. The Morgan fingerprint density at radius 1 is 1.38 bits per heavy atom. The van der Waals surface area contributed by atoms with E-state index in [1.54, 1.807) is 4.90 Å². The van der Waals surface area contributed by atoms with Gasteiger partial charge in [0.2, 0.25) is 5.91 Å². The third-order valence-electron chi connectivity index (χ3n) is 2.67. The van der Waals surface area contributed by atoms with Crippen LogP contribution in [-0.4, -0.2) is 17.9 Å². The maximum atomic E-state index is 11.4. The Bertz CT molecular complexity index is 357. The van der Waals surface area contributed by atoms with Crippen molar-refractivity contribution < 1.29 is 4.79 Å². The van der Waals surface area contributed by atoms with Crippen LogP contribution in [0.1, 0.15) is 16.7 Å². The van der Waals surface area contributed by atoms with Gasteiger partial charge in [0, 0.05) is 13.6 Å². The average Bonchev–Trinajstić information content (AvgIpc) is 2.09. The zero-order valence-electron chi connectivity index (χ0n) is 8.00. The first-order valence-electron chi connectivity index (χ1n) is 4.50. The van der Waals surface area contributed by atoms with Crippen molar-refractivity contribution in [2.75, 3.05) is 7.05 Å². The number of aryl methyl sites for hydroxylation is 1. The highest BCUT2D eigenvalue weighted by Crippen LogP contribution is 2.21. The van der Waals surface area contributed by atoms with E-state index in [9.17, 15) is 4.79 Å². The van der Waals surface area contributed by atoms with E-state index in [4.69, 9.17) is 0 Å². The number of amides is 1. The fourth-order valence-corrected chi connectivity index (χ4v) is 1.78. The fraction of sp³-hybridized carbons (Fsp3) is 0.364. The molecule has 2 heteroatoms. The number of likely N-dealkylation sites (N-methyl/N-ethyl adjacent to an activating group) is 1. The molecule has 0 saturated heterocycles. The highest BCUT2D eigenvalue weighted by atomic mass is 16.2. The van der Waals surface area contributed by atoms with Crippen LogP contribution in [-0.2, 0) is 17.8 Å². The maximum absolute atomic E-state index is 11.4. The highest BCUT2D eigenvalue weighted by molar-refractivity contribution is 5.80. The second kappa shape index (κ2) is 2.87. The predicted molar refractivity (Wildman–Crippen MR) is 51.4 cm³/mol. The summed E-state index contributed by atoms with van der Waals surface area (Å²) in [6, 6.07) is 6.17. The molecule has 1 aliphatic heterocycles. The van der Waals surface area contributed by atoms with Crippen LogP contribution in [0.2, 0.25) is 0 Å². The molecule has 0 bridgehead atoms. The van der Waals surface area contributed by atoms with Gasteiger partial charge in [-0.2, -0.15) is 0 Å². The smallest absolute Gasteiger partial charge is 0.227 e. The van der Waals surface area contributed by atoms with Crippen LogP contribution < -0.4 is 0 Å². The lowest BCUT2D eigenvalue weighted by Crippen LogP contribution is -2.33. The molecule has 0 aliphatic carbocycles. The largest absolute Gasteiger partial charge is 0.341 e. The van der Waals surface area contributed by atoms with Crippen molar-refractivity contribution in [1.82, 2.24) is 4.90 Å². The Kier molecular flexibility index (Phi) is 1.83. The fourth-order valence-electron chi connectivity index (χ4n) is 1.78. The molecule has 0 atom stereocenters. The molecular weight excluding hydrogens is 162 g/mol. The summed E-state index contributed by atoms with van der Waals surface area (Å²) in [7, 11) is 1.86. The summed E-state index contributed by atoms with van der Waals surface area (Å²) in [5.41, 5.74) is 3.81. The molecule has 0 spiro atoms. The number of benzene rings is 1. The SMILES string of the molecule is Cc1cccc2c1CN(C)C(=O)C2. The summed E-state index contributed by atoms with van der Waals surface area (Å²) >= 11 is 0. The number of fused-ring (bicyclic) bond motifs is 1. The lowest BCUT2D eigenvalue weighted by Gasteiger charge is -2.26. The third kappa shape index (κ3) is 1.32. The van der Waals surface area contributed by atoms with E-state index in [1.807, 2.05) is 19.2 Å². The van der Waals surface area contributed by atoms with Crippen molar-refractivity contribution in [2.24, 2.45) is 0 Å². The van der Waals surface area contributed by atoms with Gasteiger partial charge >= 0.3 is 0 Å². The molecule has 68 valence electrons. The van der Waals surface area contributed by atoms with Gasteiger partial charge in [0.25, 0.3) is 0 Å². The second-order valence-corrected chi connectivity index (χ2v) is 3.64. The van der Waals surface area contributed by atoms with Gasteiger partial charge < -0.3 is 4.90 Å². The van der Waals surface area contributed by atoms with E-state index in [0.29, 0.717) is 6.42 Å². The van der Waals surface area contributed by atoms with Crippen LogP contribution in [0.4, 0.5) is 0 Å². The molecule has 0 radical (unpaired) electrons. The van der Waals surface area contributed by atoms with Gasteiger partial charge in [0.05, 0.1) is 6.42 Å². The topological polar surface area (TPSA) is 20.3 Å². The zero-order valence-corrected chi connectivity index (χ0v) is 8.00. The van der Waals surface area contributed by atoms with Gasteiger partial charge in [0.15, 0.2) is 0 Å². The van der Waals surface area contributed by atoms with E-state index < -0.39 is 0 Å². The molecule has 0 saturated carbocycles. The molecule has 1 aromatic rings. The predicted octanol–water partition coefficient (Wildman–Crippen LogP) is 1.51. The minimum Gasteiger partial charge on any atom is -0.341 e. The van der Waals surface area contributed by atoms with E-state index in [0.717, 1.165) is 6.54 Å². The number of carbonyl (C=O) groups excluding carboxylic acids is 1. The number of hydrogen-bond acceptors (Lipinski definition) is 1. The lowest BCUT2D eigenvalue weighted by molar-refractivity contribution is -0.130. The first-order valence-corrected chi connectivity index (χ1v) is 4.50. The van der Waals surface area contributed by atoms with Gasteiger partial charge in [-0.25, -0.2) is 0 Å².